The zero-order chi connectivity index (χ0) is 26.3. The second-order valence-electron chi connectivity index (χ2n) is 8.88. The van der Waals surface area contributed by atoms with Crippen LogP contribution in [0.25, 0.3) is 11.2 Å². The number of nitrogens with zero attached hydrogens (tertiary/aromatic N) is 7. The van der Waals surface area contributed by atoms with Gasteiger partial charge in [-0.2, -0.15) is 8.78 Å². The minimum Gasteiger partial charge on any atom is -0.365 e. The van der Waals surface area contributed by atoms with Crippen LogP contribution in [0.5, 0.6) is 0 Å². The molecule has 0 spiro atoms. The Morgan fingerprint density at radius 3 is 2.43 bits per heavy atom. The highest BCUT2D eigenvalue weighted by molar-refractivity contribution is 5.75. The van der Waals surface area contributed by atoms with Gasteiger partial charge in [-0.1, -0.05) is 12.1 Å². The Bertz CT molecular complexity index is 1570. The maximum atomic E-state index is 14.5. The molecule has 1 aliphatic heterocycles. The predicted molar refractivity (Wildman–Crippen MR) is 133 cm³/mol. The average molecular weight is 512 g/mol. The van der Waals surface area contributed by atoms with Crippen molar-refractivity contribution in [2.24, 2.45) is 0 Å². The van der Waals surface area contributed by atoms with Crippen LogP contribution < -0.4 is 20.9 Å². The highest BCUT2D eigenvalue weighted by Gasteiger charge is 2.25. The second kappa shape index (κ2) is 9.68. The third-order valence-corrected chi connectivity index (χ3v) is 6.48. The van der Waals surface area contributed by atoms with Crippen LogP contribution in [0.1, 0.15) is 23.5 Å². The fraction of sp³-hybridized carbons (Fsp3) is 0.320. The zero-order valence-electron chi connectivity index (χ0n) is 20.2. The number of alkyl halides is 2. The fourth-order valence-electron chi connectivity index (χ4n) is 4.65. The smallest absolute Gasteiger partial charge is 0.321 e. The summed E-state index contributed by atoms with van der Waals surface area (Å²) in [5, 5.41) is 0. The molecule has 1 aromatic carbocycles. The summed E-state index contributed by atoms with van der Waals surface area (Å²) in [6.07, 6.45) is 3.56. The molecule has 1 saturated heterocycles. The largest absolute Gasteiger partial charge is 0.365 e. The molecule has 9 nitrogen and oxygen atoms in total. The molecule has 0 bridgehead atoms. The standard InChI is InChI=1S/C25H24F3N7O2/c1-15-4-3-5-17(26)21(15)33-10-8-32(9-11-33)20-12-18-22(31-16(2)13-30-18)35(24(20)37)14-19-23(36)34(25(27)28)7-6-29-19/h3-7,12-13,25H,8-11,14H2,1-2H3. The van der Waals surface area contributed by atoms with Gasteiger partial charge in [0.25, 0.3) is 11.1 Å². The first-order valence-corrected chi connectivity index (χ1v) is 11.7. The lowest BCUT2D eigenvalue weighted by Crippen LogP contribution is -2.49. The van der Waals surface area contributed by atoms with Crippen LogP contribution >= 0.6 is 0 Å². The molecule has 4 heterocycles. The van der Waals surface area contributed by atoms with Gasteiger partial charge in [-0.05, 0) is 31.5 Å². The summed E-state index contributed by atoms with van der Waals surface area (Å²) in [4.78, 5) is 42.9. The Balaban J connectivity index is 1.53. The number of para-hydroxylation sites is 1. The lowest BCUT2D eigenvalue weighted by atomic mass is 10.1. The molecule has 37 heavy (non-hydrogen) atoms. The van der Waals surface area contributed by atoms with Gasteiger partial charge in [0.05, 0.1) is 17.9 Å². The van der Waals surface area contributed by atoms with E-state index in [2.05, 4.69) is 15.0 Å². The topological polar surface area (TPSA) is 89.2 Å². The summed E-state index contributed by atoms with van der Waals surface area (Å²) in [7, 11) is 0. The van der Waals surface area contributed by atoms with E-state index in [4.69, 9.17) is 0 Å². The second-order valence-corrected chi connectivity index (χ2v) is 8.88. The first kappa shape index (κ1) is 24.5. The van der Waals surface area contributed by atoms with Crippen molar-refractivity contribution >= 4 is 22.5 Å². The van der Waals surface area contributed by atoms with Crippen molar-refractivity contribution in [3.8, 4) is 0 Å². The third kappa shape index (κ3) is 4.54. The number of anilines is 2. The number of hydrogen-bond donors (Lipinski definition) is 0. The number of halogens is 3. The highest BCUT2D eigenvalue weighted by Crippen LogP contribution is 2.26. The van der Waals surface area contributed by atoms with E-state index in [0.717, 1.165) is 18.0 Å². The minimum atomic E-state index is -3.04. The first-order valence-electron chi connectivity index (χ1n) is 11.7. The number of aromatic nitrogens is 5. The lowest BCUT2D eigenvalue weighted by Gasteiger charge is -2.37. The third-order valence-electron chi connectivity index (χ3n) is 6.48. The number of rotatable bonds is 5. The van der Waals surface area contributed by atoms with Gasteiger partial charge in [-0.25, -0.2) is 9.37 Å². The molecular weight excluding hydrogens is 487 g/mol. The molecule has 4 aromatic rings. The molecule has 0 N–H and O–H groups in total. The molecule has 1 aliphatic rings. The Labute approximate surface area is 209 Å². The van der Waals surface area contributed by atoms with Gasteiger partial charge < -0.3 is 9.80 Å². The number of aryl methyl sites for hydroxylation is 2. The number of benzene rings is 1. The average Bonchev–Trinajstić information content (AvgIpc) is 2.87. The molecule has 0 saturated carbocycles. The van der Waals surface area contributed by atoms with E-state index in [0.29, 0.717) is 48.8 Å². The maximum absolute atomic E-state index is 14.5. The van der Waals surface area contributed by atoms with Gasteiger partial charge >= 0.3 is 6.55 Å². The van der Waals surface area contributed by atoms with Gasteiger partial charge in [-0.3, -0.25) is 28.7 Å². The molecule has 0 unspecified atom stereocenters. The van der Waals surface area contributed by atoms with E-state index in [1.54, 1.807) is 25.3 Å². The van der Waals surface area contributed by atoms with Crippen LogP contribution in [0.4, 0.5) is 24.5 Å². The van der Waals surface area contributed by atoms with E-state index in [9.17, 15) is 22.8 Å². The van der Waals surface area contributed by atoms with E-state index in [-0.39, 0.29) is 28.3 Å². The normalized spacial score (nSPS) is 14.1. The van der Waals surface area contributed by atoms with Crippen LogP contribution in [0.3, 0.4) is 0 Å². The summed E-state index contributed by atoms with van der Waals surface area (Å²) >= 11 is 0. The van der Waals surface area contributed by atoms with Gasteiger partial charge in [-0.15, -0.1) is 0 Å². The Hall–Kier alpha value is -4.22. The van der Waals surface area contributed by atoms with Crippen molar-refractivity contribution < 1.29 is 13.2 Å². The molecule has 192 valence electrons. The molecule has 0 radical (unpaired) electrons. The van der Waals surface area contributed by atoms with Crippen LogP contribution in [0.2, 0.25) is 0 Å². The van der Waals surface area contributed by atoms with Gasteiger partial charge in [0.2, 0.25) is 0 Å². The molecule has 0 aliphatic carbocycles. The maximum Gasteiger partial charge on any atom is 0.321 e. The lowest BCUT2D eigenvalue weighted by molar-refractivity contribution is 0.0655. The highest BCUT2D eigenvalue weighted by atomic mass is 19.3. The Kier molecular flexibility index (Phi) is 6.40. The molecule has 12 heteroatoms. The molecule has 0 amide bonds. The van der Waals surface area contributed by atoms with Crippen molar-refractivity contribution in [1.29, 1.82) is 0 Å². The first-order chi connectivity index (χ1) is 17.7. The number of fused-ring (bicyclic) bond motifs is 1. The van der Waals surface area contributed by atoms with Gasteiger partial charge in [0, 0.05) is 44.8 Å². The van der Waals surface area contributed by atoms with Crippen LogP contribution in [-0.2, 0) is 6.54 Å². The summed E-state index contributed by atoms with van der Waals surface area (Å²) in [5.74, 6) is -0.294. The summed E-state index contributed by atoms with van der Waals surface area (Å²) in [5.41, 5.74) is 1.25. The number of hydrogen-bond acceptors (Lipinski definition) is 7. The van der Waals surface area contributed by atoms with Crippen LogP contribution in [0, 0.1) is 19.7 Å². The summed E-state index contributed by atoms with van der Waals surface area (Å²) in [6, 6.07) is 6.59. The molecular formula is C25H24F3N7O2. The Morgan fingerprint density at radius 2 is 1.73 bits per heavy atom. The predicted octanol–water partition coefficient (Wildman–Crippen LogP) is 2.87. The number of pyridine rings is 1. The molecule has 3 aromatic heterocycles. The van der Waals surface area contributed by atoms with Crippen molar-refractivity contribution in [2.75, 3.05) is 36.0 Å². The van der Waals surface area contributed by atoms with Crippen LogP contribution in [0.15, 0.2) is 52.4 Å². The monoisotopic (exact) mass is 511 g/mol. The molecule has 1 fully saturated rings. The van der Waals surface area contributed by atoms with Gasteiger partial charge in [0.15, 0.2) is 5.65 Å². The quantitative estimate of drug-likeness (QED) is 0.407. The molecule has 5 rings (SSSR count). The fourth-order valence-corrected chi connectivity index (χ4v) is 4.65. The van der Waals surface area contributed by atoms with E-state index >= 15 is 0 Å². The van der Waals surface area contributed by atoms with E-state index in [1.165, 1.54) is 10.6 Å². The summed E-state index contributed by atoms with van der Waals surface area (Å²) < 4.78 is 42.5. The zero-order valence-corrected chi connectivity index (χ0v) is 20.2. The van der Waals surface area contributed by atoms with E-state index < -0.39 is 17.7 Å². The van der Waals surface area contributed by atoms with Crippen molar-refractivity contribution in [1.82, 2.24) is 24.1 Å². The minimum absolute atomic E-state index is 0.216. The van der Waals surface area contributed by atoms with Crippen molar-refractivity contribution in [3.05, 3.63) is 86.3 Å². The van der Waals surface area contributed by atoms with Crippen molar-refractivity contribution in [2.45, 2.75) is 26.9 Å². The van der Waals surface area contributed by atoms with Gasteiger partial charge in [0.1, 0.15) is 22.7 Å². The Morgan fingerprint density at radius 1 is 1.00 bits per heavy atom. The van der Waals surface area contributed by atoms with Crippen molar-refractivity contribution in [3.63, 3.8) is 0 Å². The number of piperazine rings is 1. The molecule has 0 atom stereocenters. The van der Waals surface area contributed by atoms with Crippen LogP contribution in [-0.4, -0.2) is 50.3 Å². The SMILES string of the molecule is Cc1cnc2cc(N3CCN(c4c(C)cccc4F)CC3)c(=O)n(Cc3nccn(C(F)F)c3=O)c2n1. The summed E-state index contributed by atoms with van der Waals surface area (Å²) in [6.45, 7) is 2.03. The van der Waals surface area contributed by atoms with E-state index in [1.807, 2.05) is 22.8 Å².